The lowest BCUT2D eigenvalue weighted by Gasteiger charge is -2.26. The molecule has 0 spiro atoms. The Balaban J connectivity index is 2.08. The van der Waals surface area contributed by atoms with Crippen LogP contribution in [0.5, 0.6) is 0 Å². The fourth-order valence-electron chi connectivity index (χ4n) is 2.46. The first-order valence-corrected chi connectivity index (χ1v) is 8.14. The Labute approximate surface area is 119 Å². The van der Waals surface area contributed by atoms with Crippen LogP contribution in [0.4, 0.5) is 5.69 Å². The van der Waals surface area contributed by atoms with Gasteiger partial charge in [0, 0.05) is 25.4 Å². The van der Waals surface area contributed by atoms with Crippen molar-refractivity contribution in [2.24, 2.45) is 0 Å². The maximum Gasteiger partial charge on any atom is 0.277 e. The lowest BCUT2D eigenvalue weighted by atomic mass is 9.88. The first-order valence-electron chi connectivity index (χ1n) is 6.66. The van der Waals surface area contributed by atoms with Crippen LogP contribution in [0.15, 0.2) is 18.2 Å². The number of methoxy groups -OCH3 is 1. The number of fused-ring (bicyclic) bond motifs is 1. The van der Waals surface area contributed by atoms with E-state index >= 15 is 0 Å². The second kappa shape index (κ2) is 6.53. The first-order chi connectivity index (χ1) is 9.52. The molecule has 0 bridgehead atoms. The van der Waals surface area contributed by atoms with Gasteiger partial charge in [-0.1, -0.05) is 6.07 Å². The van der Waals surface area contributed by atoms with Gasteiger partial charge in [-0.3, -0.25) is 0 Å². The van der Waals surface area contributed by atoms with Crippen LogP contribution in [0.2, 0.25) is 0 Å². The second-order valence-electron chi connectivity index (χ2n) is 4.91. The van der Waals surface area contributed by atoms with Crippen LogP contribution in [0.1, 0.15) is 30.0 Å². The molecule has 0 saturated carbocycles. The zero-order chi connectivity index (χ0) is 14.6. The van der Waals surface area contributed by atoms with E-state index < -0.39 is 10.2 Å². The van der Waals surface area contributed by atoms with Gasteiger partial charge in [-0.2, -0.15) is 17.9 Å². The fourth-order valence-corrected chi connectivity index (χ4v) is 3.52. The van der Waals surface area contributed by atoms with Gasteiger partial charge in [-0.25, -0.2) is 0 Å². The first kappa shape index (κ1) is 15.2. The summed E-state index contributed by atoms with van der Waals surface area (Å²) in [5.41, 5.74) is 8.63. The molecule has 0 fully saturated rings. The van der Waals surface area contributed by atoms with Gasteiger partial charge in [0.2, 0.25) is 0 Å². The molecule has 0 saturated heterocycles. The largest absolute Gasteiger partial charge is 0.399 e. The van der Waals surface area contributed by atoms with Crippen LogP contribution in [-0.2, 0) is 21.4 Å². The number of benzene rings is 1. The molecule has 7 heteroatoms. The van der Waals surface area contributed by atoms with Crippen molar-refractivity contribution in [2.45, 2.75) is 25.3 Å². The zero-order valence-corrected chi connectivity index (χ0v) is 12.4. The van der Waals surface area contributed by atoms with Crippen LogP contribution in [0, 0.1) is 0 Å². The molecule has 20 heavy (non-hydrogen) atoms. The molecule has 1 unspecified atom stereocenters. The second-order valence-corrected chi connectivity index (χ2v) is 6.44. The highest BCUT2D eigenvalue weighted by molar-refractivity contribution is 7.87. The van der Waals surface area contributed by atoms with Gasteiger partial charge in [-0.05, 0) is 42.5 Å². The van der Waals surface area contributed by atoms with Gasteiger partial charge >= 0.3 is 0 Å². The number of hydrogen-bond donors (Lipinski definition) is 3. The highest BCUT2D eigenvalue weighted by Gasteiger charge is 2.24. The van der Waals surface area contributed by atoms with E-state index in [1.54, 1.807) is 0 Å². The van der Waals surface area contributed by atoms with Crippen LogP contribution < -0.4 is 15.2 Å². The molecule has 0 radical (unpaired) electrons. The minimum atomic E-state index is -3.52. The molecule has 0 heterocycles. The summed E-state index contributed by atoms with van der Waals surface area (Å²) in [6, 6.07) is 5.45. The average molecular weight is 299 g/mol. The van der Waals surface area contributed by atoms with E-state index in [0.717, 1.165) is 30.4 Å². The minimum absolute atomic E-state index is 0.195. The number of hydrogen-bond acceptors (Lipinski definition) is 4. The SMILES string of the molecule is COCCNS(=O)(=O)NC1CCCc2cc(N)ccc21. The average Bonchev–Trinajstić information content (AvgIpc) is 2.38. The van der Waals surface area contributed by atoms with Crippen molar-refractivity contribution >= 4 is 15.9 Å². The van der Waals surface area contributed by atoms with E-state index in [2.05, 4.69) is 9.44 Å². The number of anilines is 1. The smallest absolute Gasteiger partial charge is 0.277 e. The van der Waals surface area contributed by atoms with Gasteiger partial charge in [0.05, 0.1) is 6.61 Å². The van der Waals surface area contributed by atoms with Crippen molar-refractivity contribution in [1.29, 1.82) is 0 Å². The molecule has 6 nitrogen and oxygen atoms in total. The Bertz CT molecular complexity index is 560. The molecule has 112 valence electrons. The van der Waals surface area contributed by atoms with E-state index in [-0.39, 0.29) is 12.6 Å². The Morgan fingerprint density at radius 3 is 3.00 bits per heavy atom. The number of nitrogen functional groups attached to an aromatic ring is 1. The Hall–Kier alpha value is -1.15. The third-order valence-electron chi connectivity index (χ3n) is 3.38. The van der Waals surface area contributed by atoms with Crippen molar-refractivity contribution < 1.29 is 13.2 Å². The lowest BCUT2D eigenvalue weighted by Crippen LogP contribution is -2.41. The van der Waals surface area contributed by atoms with E-state index in [4.69, 9.17) is 10.5 Å². The van der Waals surface area contributed by atoms with Crippen molar-refractivity contribution in [2.75, 3.05) is 26.0 Å². The molecule has 4 N–H and O–H groups in total. The third-order valence-corrected chi connectivity index (χ3v) is 4.56. The summed E-state index contributed by atoms with van der Waals surface area (Å²) in [7, 11) is -1.99. The summed E-state index contributed by atoms with van der Waals surface area (Å²) in [6.45, 7) is 0.603. The molecule has 1 aromatic carbocycles. The van der Waals surface area contributed by atoms with Gasteiger partial charge in [0.15, 0.2) is 0 Å². The number of aryl methyl sites for hydroxylation is 1. The van der Waals surface area contributed by atoms with E-state index in [9.17, 15) is 8.42 Å². The standard InChI is InChI=1S/C13H21N3O3S/c1-19-8-7-15-20(17,18)16-13-4-2-3-10-9-11(14)5-6-12(10)13/h5-6,9,13,15-16H,2-4,7-8,14H2,1H3. The number of ether oxygens (including phenoxy) is 1. The lowest BCUT2D eigenvalue weighted by molar-refractivity contribution is 0.204. The zero-order valence-electron chi connectivity index (χ0n) is 11.6. The maximum atomic E-state index is 11.9. The summed E-state index contributed by atoms with van der Waals surface area (Å²) >= 11 is 0. The number of nitrogens with one attached hydrogen (secondary N) is 2. The van der Waals surface area contributed by atoms with E-state index in [1.165, 1.54) is 7.11 Å². The van der Waals surface area contributed by atoms with Crippen molar-refractivity contribution in [3.05, 3.63) is 29.3 Å². The predicted molar refractivity (Wildman–Crippen MR) is 78.5 cm³/mol. The van der Waals surface area contributed by atoms with Crippen LogP contribution in [0.3, 0.4) is 0 Å². The summed E-state index contributed by atoms with van der Waals surface area (Å²) in [6.07, 6.45) is 2.68. The molecule has 1 aliphatic rings. The normalized spacial score (nSPS) is 18.8. The number of rotatable bonds is 6. The summed E-state index contributed by atoms with van der Waals surface area (Å²) in [4.78, 5) is 0. The number of nitrogens with two attached hydrogens (primary N) is 1. The summed E-state index contributed by atoms with van der Waals surface area (Å²) < 4.78 is 33.9. The Kier molecular flexibility index (Phi) is 4.98. The van der Waals surface area contributed by atoms with Crippen molar-refractivity contribution in [1.82, 2.24) is 9.44 Å². The van der Waals surface area contributed by atoms with Crippen LogP contribution in [0.25, 0.3) is 0 Å². The molecule has 0 aliphatic heterocycles. The topological polar surface area (TPSA) is 93.4 Å². The van der Waals surface area contributed by atoms with Crippen molar-refractivity contribution in [3.8, 4) is 0 Å². The maximum absolute atomic E-state index is 11.9. The fraction of sp³-hybridized carbons (Fsp3) is 0.538. The Morgan fingerprint density at radius 2 is 2.25 bits per heavy atom. The van der Waals surface area contributed by atoms with Crippen LogP contribution in [-0.4, -0.2) is 28.7 Å². The molecular formula is C13H21N3O3S. The molecule has 1 aromatic rings. The molecule has 0 aromatic heterocycles. The van der Waals surface area contributed by atoms with Crippen LogP contribution >= 0.6 is 0 Å². The van der Waals surface area contributed by atoms with Gasteiger partial charge in [0.25, 0.3) is 10.2 Å². The van der Waals surface area contributed by atoms with Crippen molar-refractivity contribution in [3.63, 3.8) is 0 Å². The molecule has 1 aliphatic carbocycles. The molecule has 1 atom stereocenters. The molecule has 2 rings (SSSR count). The van der Waals surface area contributed by atoms with Gasteiger partial charge < -0.3 is 10.5 Å². The molecule has 0 amide bonds. The Morgan fingerprint density at radius 1 is 1.45 bits per heavy atom. The minimum Gasteiger partial charge on any atom is -0.399 e. The predicted octanol–water partition coefficient (Wildman–Crippen LogP) is 0.717. The third kappa shape index (κ3) is 3.92. The quantitative estimate of drug-likeness (QED) is 0.533. The highest BCUT2D eigenvalue weighted by Crippen LogP contribution is 2.31. The summed E-state index contributed by atoms with van der Waals surface area (Å²) in [5, 5.41) is 0. The highest BCUT2D eigenvalue weighted by atomic mass is 32.2. The van der Waals surface area contributed by atoms with Gasteiger partial charge in [0.1, 0.15) is 0 Å². The van der Waals surface area contributed by atoms with E-state index in [0.29, 0.717) is 12.3 Å². The molecular weight excluding hydrogens is 278 g/mol. The van der Waals surface area contributed by atoms with Gasteiger partial charge in [-0.15, -0.1) is 0 Å². The summed E-state index contributed by atoms with van der Waals surface area (Å²) in [5.74, 6) is 0. The van der Waals surface area contributed by atoms with E-state index in [1.807, 2.05) is 18.2 Å². The monoisotopic (exact) mass is 299 g/mol.